The number of benzene rings is 2. The van der Waals surface area contributed by atoms with Crippen LogP contribution in [0.25, 0.3) is 17.5 Å². The molecule has 0 spiro atoms. The van der Waals surface area contributed by atoms with Gasteiger partial charge in [0.25, 0.3) is 11.1 Å². The molecule has 0 atom stereocenters. The summed E-state index contributed by atoms with van der Waals surface area (Å²) in [7, 11) is 0. The van der Waals surface area contributed by atoms with Crippen LogP contribution in [0.2, 0.25) is 0 Å². The molecule has 8 heteroatoms. The Hall–Kier alpha value is -3.39. The maximum absolute atomic E-state index is 12.1. The van der Waals surface area contributed by atoms with Crippen LogP contribution in [0.5, 0.6) is 5.75 Å². The van der Waals surface area contributed by atoms with Gasteiger partial charge in [-0.05, 0) is 24.3 Å². The van der Waals surface area contributed by atoms with Crippen molar-refractivity contribution in [3.8, 4) is 17.2 Å². The number of aromatic nitrogens is 2. The van der Waals surface area contributed by atoms with Crippen molar-refractivity contribution < 1.29 is 14.3 Å². The Morgan fingerprint density at radius 1 is 1.07 bits per heavy atom. The first kappa shape index (κ1) is 17.0. The van der Waals surface area contributed by atoms with E-state index in [1.807, 2.05) is 30.3 Å². The van der Waals surface area contributed by atoms with Crippen molar-refractivity contribution in [2.45, 2.75) is 5.22 Å². The zero-order valence-electron chi connectivity index (χ0n) is 14.0. The Morgan fingerprint density at radius 2 is 1.85 bits per heavy atom. The molecule has 27 heavy (non-hydrogen) atoms. The molecule has 3 aromatic rings. The van der Waals surface area contributed by atoms with Crippen LogP contribution in [0.15, 0.2) is 74.9 Å². The Morgan fingerprint density at radius 3 is 2.67 bits per heavy atom. The molecule has 1 aliphatic heterocycles. The molecule has 2 aromatic carbocycles. The molecule has 0 radical (unpaired) electrons. The van der Waals surface area contributed by atoms with E-state index in [0.717, 1.165) is 5.56 Å². The number of rotatable bonds is 5. The largest absolute Gasteiger partial charge is 0.507 e. The van der Waals surface area contributed by atoms with Gasteiger partial charge >= 0.3 is 0 Å². The van der Waals surface area contributed by atoms with E-state index in [9.17, 15) is 9.90 Å². The van der Waals surface area contributed by atoms with Crippen molar-refractivity contribution in [3.63, 3.8) is 0 Å². The normalized spacial score (nSPS) is 15.0. The number of carbonyl (C=O) groups is 1. The van der Waals surface area contributed by atoms with Gasteiger partial charge in [0.05, 0.1) is 11.3 Å². The monoisotopic (exact) mass is 378 g/mol. The van der Waals surface area contributed by atoms with E-state index in [1.165, 1.54) is 11.8 Å². The summed E-state index contributed by atoms with van der Waals surface area (Å²) in [5.74, 6) is 0.588. The summed E-state index contributed by atoms with van der Waals surface area (Å²) in [4.78, 5) is 12.1. The lowest BCUT2D eigenvalue weighted by Gasteiger charge is -2.02. The molecule has 2 N–H and O–H groups in total. The van der Waals surface area contributed by atoms with Crippen LogP contribution in [0.1, 0.15) is 5.56 Å². The van der Waals surface area contributed by atoms with Gasteiger partial charge in [-0.15, -0.1) is 10.2 Å². The number of hydrogen-bond donors (Lipinski definition) is 2. The SMILES string of the molecule is O=C1NN=C(CSc2nnc(-c3ccccc3)o2)/C1=C/c1ccccc1O. The number of hydrogen-bond acceptors (Lipinski definition) is 7. The van der Waals surface area contributed by atoms with E-state index in [2.05, 4.69) is 20.7 Å². The highest BCUT2D eigenvalue weighted by atomic mass is 32.2. The lowest BCUT2D eigenvalue weighted by molar-refractivity contribution is -0.116. The molecular weight excluding hydrogens is 364 g/mol. The lowest BCUT2D eigenvalue weighted by atomic mass is 10.1. The van der Waals surface area contributed by atoms with Crippen LogP contribution in [-0.4, -0.2) is 32.7 Å². The fourth-order valence-corrected chi connectivity index (χ4v) is 3.21. The molecule has 0 saturated carbocycles. The summed E-state index contributed by atoms with van der Waals surface area (Å²) in [6, 6.07) is 16.3. The Labute approximate surface area is 158 Å². The zero-order chi connectivity index (χ0) is 18.6. The highest BCUT2D eigenvalue weighted by Crippen LogP contribution is 2.26. The van der Waals surface area contributed by atoms with Crippen LogP contribution < -0.4 is 5.43 Å². The third kappa shape index (κ3) is 3.75. The first-order valence-electron chi connectivity index (χ1n) is 8.09. The summed E-state index contributed by atoms with van der Waals surface area (Å²) in [5.41, 5.74) is 4.78. The van der Waals surface area contributed by atoms with Gasteiger partial charge in [-0.1, -0.05) is 48.2 Å². The minimum absolute atomic E-state index is 0.0982. The standard InChI is InChI=1S/C19H14N4O3S/c24-16-9-5-4-8-13(16)10-14-15(20-21-17(14)25)11-27-19-23-22-18(26-19)12-6-2-1-3-7-12/h1-10,24H,11H2,(H,21,25)/b14-10-. The van der Waals surface area contributed by atoms with Gasteiger partial charge in [0.15, 0.2) is 0 Å². The predicted octanol–water partition coefficient (Wildman–Crippen LogP) is 3.10. The number of para-hydroxylation sites is 1. The average molecular weight is 378 g/mol. The van der Waals surface area contributed by atoms with E-state index in [1.54, 1.807) is 30.3 Å². The fourth-order valence-electron chi connectivity index (χ4n) is 2.49. The summed E-state index contributed by atoms with van der Waals surface area (Å²) in [6.07, 6.45) is 1.61. The third-order valence-corrected chi connectivity index (χ3v) is 4.67. The number of thioether (sulfide) groups is 1. The van der Waals surface area contributed by atoms with Crippen LogP contribution in [0.3, 0.4) is 0 Å². The van der Waals surface area contributed by atoms with Gasteiger partial charge < -0.3 is 9.52 Å². The molecule has 1 amide bonds. The molecule has 0 unspecified atom stereocenters. The van der Waals surface area contributed by atoms with Crippen molar-refractivity contribution in [2.24, 2.45) is 5.10 Å². The predicted molar refractivity (Wildman–Crippen MR) is 102 cm³/mol. The molecule has 0 aliphatic carbocycles. The lowest BCUT2D eigenvalue weighted by Crippen LogP contribution is -2.13. The van der Waals surface area contributed by atoms with Crippen molar-refractivity contribution in [3.05, 3.63) is 65.7 Å². The number of nitrogens with zero attached hydrogens (tertiary/aromatic N) is 3. The van der Waals surface area contributed by atoms with Crippen LogP contribution in [-0.2, 0) is 4.79 Å². The van der Waals surface area contributed by atoms with E-state index in [0.29, 0.717) is 33.7 Å². The Kier molecular flexibility index (Phi) is 4.71. The van der Waals surface area contributed by atoms with Crippen molar-refractivity contribution in [1.29, 1.82) is 0 Å². The molecule has 4 rings (SSSR count). The van der Waals surface area contributed by atoms with Gasteiger partial charge in [-0.25, -0.2) is 5.43 Å². The number of amides is 1. The molecule has 0 saturated heterocycles. The summed E-state index contributed by atoms with van der Waals surface area (Å²) < 4.78 is 5.65. The number of aromatic hydroxyl groups is 1. The number of carbonyl (C=O) groups excluding carboxylic acids is 1. The van der Waals surface area contributed by atoms with Gasteiger partial charge in [0.1, 0.15) is 5.75 Å². The van der Waals surface area contributed by atoms with Gasteiger partial charge in [-0.3, -0.25) is 4.79 Å². The van der Waals surface area contributed by atoms with E-state index in [-0.39, 0.29) is 11.7 Å². The smallest absolute Gasteiger partial charge is 0.277 e. The number of hydrazone groups is 1. The maximum atomic E-state index is 12.1. The summed E-state index contributed by atoms with van der Waals surface area (Å²) in [5, 5.41) is 22.4. The van der Waals surface area contributed by atoms with Gasteiger partial charge in [0.2, 0.25) is 5.89 Å². The van der Waals surface area contributed by atoms with Crippen LogP contribution in [0.4, 0.5) is 0 Å². The Balaban J connectivity index is 1.49. The van der Waals surface area contributed by atoms with Crippen molar-refractivity contribution >= 4 is 29.5 Å². The molecule has 0 bridgehead atoms. The Bertz CT molecular complexity index is 1040. The topological polar surface area (TPSA) is 101 Å². The fraction of sp³-hybridized carbons (Fsp3) is 0.0526. The number of phenols is 1. The van der Waals surface area contributed by atoms with Gasteiger partial charge in [-0.2, -0.15) is 5.10 Å². The molecule has 1 aromatic heterocycles. The highest BCUT2D eigenvalue weighted by molar-refractivity contribution is 7.99. The second kappa shape index (κ2) is 7.46. The van der Waals surface area contributed by atoms with E-state index < -0.39 is 0 Å². The first-order valence-corrected chi connectivity index (χ1v) is 9.08. The minimum Gasteiger partial charge on any atom is -0.507 e. The summed E-state index contributed by atoms with van der Waals surface area (Å²) >= 11 is 1.29. The van der Waals surface area contributed by atoms with E-state index in [4.69, 9.17) is 4.42 Å². The molecule has 1 aliphatic rings. The average Bonchev–Trinajstić information content (AvgIpc) is 3.30. The van der Waals surface area contributed by atoms with Crippen LogP contribution >= 0.6 is 11.8 Å². The maximum Gasteiger partial charge on any atom is 0.277 e. The second-order valence-corrected chi connectivity index (χ2v) is 6.57. The second-order valence-electron chi connectivity index (χ2n) is 5.64. The molecule has 2 heterocycles. The van der Waals surface area contributed by atoms with Crippen molar-refractivity contribution in [2.75, 3.05) is 5.75 Å². The molecule has 0 fully saturated rings. The zero-order valence-corrected chi connectivity index (χ0v) is 14.8. The molecular formula is C19H14N4O3S. The number of nitrogens with one attached hydrogen (secondary N) is 1. The highest BCUT2D eigenvalue weighted by Gasteiger charge is 2.24. The summed E-state index contributed by atoms with van der Waals surface area (Å²) in [6.45, 7) is 0. The van der Waals surface area contributed by atoms with E-state index >= 15 is 0 Å². The van der Waals surface area contributed by atoms with Gasteiger partial charge in [0, 0.05) is 16.9 Å². The number of phenolic OH excluding ortho intramolecular Hbond substituents is 1. The minimum atomic E-state index is -0.315. The molecule has 7 nitrogen and oxygen atoms in total. The first-order chi connectivity index (χ1) is 13.2. The molecule has 134 valence electrons. The van der Waals surface area contributed by atoms with Crippen molar-refractivity contribution in [1.82, 2.24) is 15.6 Å². The third-order valence-electron chi connectivity index (χ3n) is 3.84. The quantitative estimate of drug-likeness (QED) is 0.523. The van der Waals surface area contributed by atoms with Crippen LogP contribution in [0, 0.1) is 0 Å².